The molecule has 6 nitrogen and oxygen atoms in total. The maximum absolute atomic E-state index is 9.86. The number of aromatic amines is 1. The molecule has 0 spiro atoms. The van der Waals surface area contributed by atoms with Gasteiger partial charge in [-0.25, -0.2) is 4.98 Å². The fourth-order valence-electron chi connectivity index (χ4n) is 0.516. The van der Waals surface area contributed by atoms with Gasteiger partial charge >= 0.3 is 17.1 Å². The number of hydrogen-bond acceptors (Lipinski definition) is 5. The first kappa shape index (κ1) is 15.9. The molecular formula is C8H8MnN2O4. The molecule has 0 unspecified atom stereocenters. The van der Waals surface area contributed by atoms with Gasteiger partial charge in [-0.15, -0.1) is 0 Å². The molecule has 0 fully saturated rings. The van der Waals surface area contributed by atoms with Crippen molar-refractivity contribution in [3.05, 3.63) is 24.3 Å². The van der Waals surface area contributed by atoms with Gasteiger partial charge in [-0.2, -0.15) is 0 Å². The number of carboxylic acids is 2. The summed E-state index contributed by atoms with van der Waals surface area (Å²) in [6, 6.07) is 0. The summed E-state index contributed by atoms with van der Waals surface area (Å²) in [4.78, 5) is 25.2. The Morgan fingerprint density at radius 1 is 1.47 bits per heavy atom. The minimum Gasteiger partial charge on any atom is -0.550 e. The van der Waals surface area contributed by atoms with Gasteiger partial charge in [-0.1, -0.05) is 0 Å². The van der Waals surface area contributed by atoms with Gasteiger partial charge in [0.25, 0.3) is 0 Å². The zero-order valence-electron chi connectivity index (χ0n) is 7.77. The normalized spacial score (nSPS) is 8.60. The number of hydrogen-bond donors (Lipinski definition) is 1. The first-order valence-corrected chi connectivity index (χ1v) is 3.58. The maximum atomic E-state index is 9.86. The molecule has 81 valence electrons. The van der Waals surface area contributed by atoms with Crippen LogP contribution in [0.25, 0.3) is 6.08 Å². The summed E-state index contributed by atoms with van der Waals surface area (Å²) in [5, 5.41) is 18.7. The van der Waals surface area contributed by atoms with Crippen LogP contribution in [0.4, 0.5) is 0 Å². The zero-order chi connectivity index (χ0) is 11.0. The van der Waals surface area contributed by atoms with E-state index in [4.69, 9.17) is 9.90 Å². The molecule has 0 amide bonds. The van der Waals surface area contributed by atoms with Crippen LogP contribution in [0.2, 0.25) is 0 Å². The third kappa shape index (κ3) is 12.4. The Morgan fingerprint density at radius 2 is 2.00 bits per heavy atom. The second-order valence-corrected chi connectivity index (χ2v) is 2.14. The Morgan fingerprint density at radius 3 is 2.33 bits per heavy atom. The smallest absolute Gasteiger partial charge is 0.550 e. The van der Waals surface area contributed by atoms with Gasteiger partial charge in [0.15, 0.2) is 0 Å². The number of nitrogens with one attached hydrogen (secondary N) is 1. The third-order valence-electron chi connectivity index (χ3n) is 0.910. The molecule has 0 aromatic carbocycles. The Kier molecular flexibility index (Phi) is 9.50. The summed E-state index contributed by atoms with van der Waals surface area (Å²) in [5.74, 6) is -2.30. The van der Waals surface area contributed by atoms with Crippen molar-refractivity contribution in [1.29, 1.82) is 0 Å². The molecular weight excluding hydrogens is 243 g/mol. The second-order valence-electron chi connectivity index (χ2n) is 2.14. The van der Waals surface area contributed by atoms with Gasteiger partial charge in [0.1, 0.15) is 0 Å². The summed E-state index contributed by atoms with van der Waals surface area (Å²) < 4.78 is 0. The molecule has 0 atom stereocenters. The van der Waals surface area contributed by atoms with Gasteiger partial charge < -0.3 is 24.8 Å². The molecule has 0 aliphatic rings. The third-order valence-corrected chi connectivity index (χ3v) is 0.910. The van der Waals surface area contributed by atoms with Crippen molar-refractivity contribution in [1.82, 2.24) is 9.97 Å². The first-order valence-electron chi connectivity index (χ1n) is 3.58. The van der Waals surface area contributed by atoms with E-state index in [0.29, 0.717) is 5.69 Å². The molecule has 1 aromatic heterocycles. The predicted molar refractivity (Wildman–Crippen MR) is 43.3 cm³/mol. The summed E-state index contributed by atoms with van der Waals surface area (Å²) >= 11 is 0. The Labute approximate surface area is 96.5 Å². The first-order chi connectivity index (χ1) is 6.52. The van der Waals surface area contributed by atoms with Gasteiger partial charge in [0.05, 0.1) is 18.0 Å². The average molecular weight is 251 g/mol. The molecule has 7 heteroatoms. The summed E-state index contributed by atoms with van der Waals surface area (Å²) in [5.41, 5.74) is 0.573. The number of aliphatic carboxylic acids is 2. The molecule has 0 aliphatic carbocycles. The van der Waals surface area contributed by atoms with E-state index in [1.54, 1.807) is 6.20 Å². The van der Waals surface area contributed by atoms with Crippen molar-refractivity contribution in [2.45, 2.75) is 6.92 Å². The van der Waals surface area contributed by atoms with E-state index < -0.39 is 11.9 Å². The van der Waals surface area contributed by atoms with Crippen LogP contribution in [-0.2, 0) is 26.7 Å². The molecule has 1 rings (SSSR count). The monoisotopic (exact) mass is 251 g/mol. The van der Waals surface area contributed by atoms with E-state index in [-0.39, 0.29) is 17.1 Å². The molecule has 1 N–H and O–H groups in total. The van der Waals surface area contributed by atoms with Crippen molar-refractivity contribution in [3.63, 3.8) is 0 Å². The molecule has 1 heterocycles. The van der Waals surface area contributed by atoms with Crippen molar-refractivity contribution >= 4 is 18.0 Å². The Balaban J connectivity index is 0. The van der Waals surface area contributed by atoms with Gasteiger partial charge in [0.2, 0.25) is 0 Å². The van der Waals surface area contributed by atoms with Crippen LogP contribution in [-0.4, -0.2) is 21.9 Å². The van der Waals surface area contributed by atoms with Crippen molar-refractivity contribution in [2.75, 3.05) is 0 Å². The zero-order valence-corrected chi connectivity index (χ0v) is 8.95. The largest absolute Gasteiger partial charge is 2.00 e. The summed E-state index contributed by atoms with van der Waals surface area (Å²) in [6.07, 6.45) is 5.33. The average Bonchev–Trinajstić information content (AvgIpc) is 2.51. The molecule has 15 heavy (non-hydrogen) atoms. The molecule has 0 saturated heterocycles. The number of carbonyl (C=O) groups is 2. The number of H-pyrrole nitrogens is 1. The van der Waals surface area contributed by atoms with E-state index in [0.717, 1.165) is 13.0 Å². The van der Waals surface area contributed by atoms with E-state index in [2.05, 4.69) is 9.97 Å². The van der Waals surface area contributed by atoms with Crippen molar-refractivity contribution in [3.8, 4) is 0 Å². The minimum absolute atomic E-state index is 0. The van der Waals surface area contributed by atoms with E-state index >= 15 is 0 Å². The van der Waals surface area contributed by atoms with E-state index in [9.17, 15) is 9.90 Å². The van der Waals surface area contributed by atoms with Crippen LogP contribution in [0.1, 0.15) is 12.6 Å². The molecule has 0 aliphatic heterocycles. The van der Waals surface area contributed by atoms with E-state index in [1.807, 2.05) is 0 Å². The quantitative estimate of drug-likeness (QED) is 0.479. The Bertz CT molecular complexity index is 317. The standard InChI is InChI=1S/C6H6N2O2.C2H4O2.Mn/c9-6(10)2-1-5-3-7-4-8-5;1-2(3)4;/h1-4H,(H,7,8)(H,9,10);1H3,(H,3,4);/q;;+2/p-2. The summed E-state index contributed by atoms with van der Waals surface area (Å²) in [6.45, 7) is 0.972. The number of carboxylic acid groups (broad SMARTS) is 2. The van der Waals surface area contributed by atoms with Gasteiger partial charge in [-0.3, -0.25) is 0 Å². The Hall–Kier alpha value is -1.59. The SMILES string of the molecule is CC(=O)[O-].O=C([O-])C=Cc1c[nH]cn1.[Mn+2]. The van der Waals surface area contributed by atoms with Gasteiger partial charge in [0, 0.05) is 12.2 Å². The second kappa shape index (κ2) is 8.98. The van der Waals surface area contributed by atoms with Crippen LogP contribution in [0.15, 0.2) is 18.6 Å². The molecule has 1 radical (unpaired) electrons. The number of aromatic nitrogens is 2. The summed E-state index contributed by atoms with van der Waals surface area (Å²) in [7, 11) is 0. The van der Waals surface area contributed by atoms with Crippen LogP contribution in [0.3, 0.4) is 0 Å². The minimum atomic E-state index is -1.22. The van der Waals surface area contributed by atoms with Crippen molar-refractivity contribution < 1.29 is 36.9 Å². The predicted octanol–water partition coefficient (Wildman–Crippen LogP) is -2.07. The van der Waals surface area contributed by atoms with Crippen molar-refractivity contribution in [2.24, 2.45) is 0 Å². The number of nitrogens with zero attached hydrogens (tertiary/aromatic N) is 1. The molecule has 0 saturated carbocycles. The fourth-order valence-corrected chi connectivity index (χ4v) is 0.516. The maximum Gasteiger partial charge on any atom is 2.00 e. The van der Waals surface area contributed by atoms with Gasteiger partial charge in [-0.05, 0) is 19.1 Å². The van der Waals surface area contributed by atoms with Crippen LogP contribution >= 0.6 is 0 Å². The number of carbonyl (C=O) groups excluding carboxylic acids is 2. The van der Waals surface area contributed by atoms with Crippen LogP contribution < -0.4 is 10.2 Å². The van der Waals surface area contributed by atoms with Crippen LogP contribution in [0.5, 0.6) is 0 Å². The number of rotatable bonds is 2. The topological polar surface area (TPSA) is 109 Å². The van der Waals surface area contributed by atoms with Crippen LogP contribution in [0, 0.1) is 0 Å². The molecule has 1 aromatic rings. The fraction of sp³-hybridized carbons (Fsp3) is 0.125. The van der Waals surface area contributed by atoms with E-state index in [1.165, 1.54) is 12.4 Å². The molecule has 0 bridgehead atoms. The number of imidazole rings is 1.